The average molecular weight is 448 g/mol. The van der Waals surface area contributed by atoms with Gasteiger partial charge in [0.05, 0.1) is 29.5 Å². The average Bonchev–Trinajstić information content (AvgIpc) is 2.77. The quantitative estimate of drug-likeness (QED) is 0.314. The highest BCUT2D eigenvalue weighted by molar-refractivity contribution is 7.92. The van der Waals surface area contributed by atoms with Crippen molar-refractivity contribution < 1.29 is 40.9 Å². The molecular weight excluding hydrogens is 428 g/mol. The topological polar surface area (TPSA) is 159 Å². The van der Waals surface area contributed by atoms with E-state index < -0.39 is 51.3 Å². The first-order chi connectivity index (χ1) is 13.2. The number of nitrogens with zero attached hydrogens (tertiary/aromatic N) is 2. The third-order valence-electron chi connectivity index (χ3n) is 4.13. The molecular formula is C16H20N2O9S2. The van der Waals surface area contributed by atoms with Crippen molar-refractivity contribution in [1.29, 1.82) is 0 Å². The lowest BCUT2D eigenvalue weighted by Gasteiger charge is -2.27. The van der Waals surface area contributed by atoms with Gasteiger partial charge in [-0.05, 0) is 17.5 Å². The van der Waals surface area contributed by atoms with Crippen LogP contribution in [-0.4, -0.2) is 64.5 Å². The molecule has 2 N–H and O–H groups in total. The van der Waals surface area contributed by atoms with Crippen LogP contribution in [0.5, 0.6) is 0 Å². The Hall–Kier alpha value is -2.35. The van der Waals surface area contributed by atoms with Crippen molar-refractivity contribution in [3.8, 4) is 0 Å². The maximum absolute atomic E-state index is 12.9. The molecule has 0 aliphatic carbocycles. The van der Waals surface area contributed by atoms with E-state index in [1.807, 2.05) is 0 Å². The molecule has 1 aliphatic rings. The molecule has 0 aromatic heterocycles. The molecule has 1 aromatic carbocycles. The van der Waals surface area contributed by atoms with E-state index in [9.17, 15) is 27.0 Å². The zero-order valence-electron chi connectivity index (χ0n) is 15.8. The van der Waals surface area contributed by atoms with Gasteiger partial charge in [0, 0.05) is 6.54 Å². The first-order valence-corrected chi connectivity index (χ1v) is 11.1. The van der Waals surface area contributed by atoms with Crippen LogP contribution in [0.3, 0.4) is 0 Å². The van der Waals surface area contributed by atoms with E-state index in [0.717, 1.165) is 11.2 Å². The molecule has 1 heterocycles. The van der Waals surface area contributed by atoms with Crippen molar-refractivity contribution >= 4 is 44.9 Å². The van der Waals surface area contributed by atoms with Gasteiger partial charge in [0.25, 0.3) is 11.8 Å². The van der Waals surface area contributed by atoms with Crippen LogP contribution in [0.25, 0.3) is 0 Å². The number of carbonyl (C=O) groups is 3. The van der Waals surface area contributed by atoms with Crippen LogP contribution >= 0.6 is 0 Å². The molecule has 11 nitrogen and oxygen atoms in total. The standard InChI is InChI=1S/C16H20N2O9S2/c1-16(2,7-12(19)20)8-17-14(21)10-5-4-6-11(13(10)15(17)22)18(29(3,25)26)9-27-28(23)24/h4-6H,7-9H2,1-3H3,(H,19,20)(H,23,24). The zero-order valence-corrected chi connectivity index (χ0v) is 17.4. The van der Waals surface area contributed by atoms with Crippen molar-refractivity contribution in [2.75, 3.05) is 23.8 Å². The van der Waals surface area contributed by atoms with E-state index in [2.05, 4.69) is 4.18 Å². The molecule has 13 heteroatoms. The van der Waals surface area contributed by atoms with Crippen LogP contribution in [0.1, 0.15) is 41.0 Å². The van der Waals surface area contributed by atoms with Crippen molar-refractivity contribution in [3.05, 3.63) is 29.3 Å². The molecule has 1 aromatic rings. The summed E-state index contributed by atoms with van der Waals surface area (Å²) in [5, 5.41) is 9.02. The molecule has 0 radical (unpaired) electrons. The van der Waals surface area contributed by atoms with Crippen molar-refractivity contribution in [2.45, 2.75) is 20.3 Å². The first kappa shape index (κ1) is 22.9. The lowest BCUT2D eigenvalue weighted by Crippen LogP contribution is -2.39. The van der Waals surface area contributed by atoms with Gasteiger partial charge >= 0.3 is 17.3 Å². The van der Waals surface area contributed by atoms with Crippen molar-refractivity contribution in [1.82, 2.24) is 4.90 Å². The SMILES string of the molecule is CC(C)(CC(=O)O)CN1C(=O)c2cccc(N(COS(=O)O)S(C)(=O)=O)c2C1=O. The Kier molecular flexibility index (Phi) is 6.47. The Morgan fingerprint density at radius 2 is 1.90 bits per heavy atom. The summed E-state index contributed by atoms with van der Waals surface area (Å²) < 4.78 is 49.0. The second kappa shape index (κ2) is 8.18. The Morgan fingerprint density at radius 1 is 1.28 bits per heavy atom. The number of carboxylic acids is 1. The minimum Gasteiger partial charge on any atom is -0.481 e. The molecule has 0 bridgehead atoms. The molecule has 0 saturated carbocycles. The second-order valence-corrected chi connectivity index (χ2v) is 9.78. The fraction of sp³-hybridized carbons (Fsp3) is 0.438. The number of hydrogen-bond acceptors (Lipinski definition) is 7. The van der Waals surface area contributed by atoms with E-state index in [-0.39, 0.29) is 29.8 Å². The van der Waals surface area contributed by atoms with Gasteiger partial charge in [0.2, 0.25) is 10.0 Å². The Labute approximate surface area is 169 Å². The molecule has 0 fully saturated rings. The Morgan fingerprint density at radius 3 is 2.41 bits per heavy atom. The lowest BCUT2D eigenvalue weighted by atomic mass is 9.89. The van der Waals surface area contributed by atoms with Gasteiger partial charge in [-0.1, -0.05) is 19.9 Å². The molecule has 1 aliphatic heterocycles. The van der Waals surface area contributed by atoms with E-state index in [1.165, 1.54) is 18.2 Å². The molecule has 29 heavy (non-hydrogen) atoms. The fourth-order valence-electron chi connectivity index (χ4n) is 3.00. The van der Waals surface area contributed by atoms with Crippen LogP contribution in [0.4, 0.5) is 5.69 Å². The minimum atomic E-state index is -4.04. The first-order valence-electron chi connectivity index (χ1n) is 8.17. The normalized spacial score (nSPS) is 15.4. The van der Waals surface area contributed by atoms with E-state index >= 15 is 0 Å². The summed E-state index contributed by atoms with van der Waals surface area (Å²) in [6.07, 6.45) is 0.518. The van der Waals surface area contributed by atoms with Gasteiger partial charge in [-0.3, -0.25) is 23.8 Å². The summed E-state index contributed by atoms with van der Waals surface area (Å²) in [6, 6.07) is 3.97. The number of carbonyl (C=O) groups excluding carboxylic acids is 2. The predicted octanol–water partition coefficient (Wildman–Crippen LogP) is 0.660. The van der Waals surface area contributed by atoms with Gasteiger partial charge in [0.15, 0.2) is 6.73 Å². The molecule has 160 valence electrons. The summed E-state index contributed by atoms with van der Waals surface area (Å²) in [7, 11) is -4.04. The Balaban J connectivity index is 2.48. The summed E-state index contributed by atoms with van der Waals surface area (Å²) in [4.78, 5) is 37.6. The molecule has 0 spiro atoms. The van der Waals surface area contributed by atoms with E-state index in [1.54, 1.807) is 13.8 Å². The third kappa shape index (κ3) is 5.18. The van der Waals surface area contributed by atoms with Gasteiger partial charge in [-0.25, -0.2) is 16.9 Å². The Bertz CT molecular complexity index is 988. The third-order valence-corrected chi connectivity index (χ3v) is 5.54. The van der Waals surface area contributed by atoms with E-state index in [4.69, 9.17) is 9.66 Å². The van der Waals surface area contributed by atoms with Gasteiger partial charge < -0.3 is 5.11 Å². The summed E-state index contributed by atoms with van der Waals surface area (Å²) in [6.45, 7) is 2.11. The van der Waals surface area contributed by atoms with Crippen LogP contribution < -0.4 is 4.31 Å². The molecule has 2 rings (SSSR count). The number of carboxylic acid groups (broad SMARTS) is 1. The molecule has 0 saturated heterocycles. The van der Waals surface area contributed by atoms with Crippen LogP contribution in [0.15, 0.2) is 18.2 Å². The maximum Gasteiger partial charge on any atom is 0.303 e. The number of anilines is 1. The molecule has 2 amide bonds. The maximum atomic E-state index is 12.9. The zero-order chi connectivity index (χ0) is 22.1. The summed E-state index contributed by atoms with van der Waals surface area (Å²) in [5.41, 5.74) is -1.38. The number of benzene rings is 1. The minimum absolute atomic E-state index is 0.0580. The van der Waals surface area contributed by atoms with Crippen LogP contribution in [0, 0.1) is 5.41 Å². The van der Waals surface area contributed by atoms with Crippen molar-refractivity contribution in [3.63, 3.8) is 0 Å². The highest BCUT2D eigenvalue weighted by atomic mass is 32.2. The monoisotopic (exact) mass is 448 g/mol. The predicted molar refractivity (Wildman–Crippen MR) is 102 cm³/mol. The van der Waals surface area contributed by atoms with Crippen LogP contribution in [-0.2, 0) is 30.4 Å². The number of fused-ring (bicyclic) bond motifs is 1. The number of imide groups is 1. The highest BCUT2D eigenvalue weighted by Crippen LogP contribution is 2.35. The van der Waals surface area contributed by atoms with Gasteiger partial charge in [-0.2, -0.15) is 4.21 Å². The fourth-order valence-corrected chi connectivity index (χ4v) is 4.01. The van der Waals surface area contributed by atoms with Gasteiger partial charge in [-0.15, -0.1) is 0 Å². The summed E-state index contributed by atoms with van der Waals surface area (Å²) in [5.74, 6) is -2.58. The lowest BCUT2D eigenvalue weighted by molar-refractivity contribution is -0.139. The largest absolute Gasteiger partial charge is 0.481 e. The number of hydrogen-bond donors (Lipinski definition) is 2. The number of rotatable bonds is 9. The van der Waals surface area contributed by atoms with E-state index in [0.29, 0.717) is 4.31 Å². The summed E-state index contributed by atoms with van der Waals surface area (Å²) >= 11 is -2.76. The van der Waals surface area contributed by atoms with Crippen LogP contribution in [0.2, 0.25) is 0 Å². The molecule has 1 unspecified atom stereocenters. The second-order valence-electron chi connectivity index (χ2n) is 7.21. The molecule has 1 atom stereocenters. The number of sulfonamides is 1. The smallest absolute Gasteiger partial charge is 0.303 e. The highest BCUT2D eigenvalue weighted by Gasteiger charge is 2.42. The number of aliphatic carboxylic acids is 1. The number of amides is 2. The van der Waals surface area contributed by atoms with Crippen molar-refractivity contribution in [2.24, 2.45) is 5.41 Å². The van der Waals surface area contributed by atoms with Gasteiger partial charge in [0.1, 0.15) is 0 Å².